The first-order chi connectivity index (χ1) is 12.6. The van der Waals surface area contributed by atoms with E-state index in [-0.39, 0.29) is 18.4 Å². The smallest absolute Gasteiger partial charge is 0.305 e. The Labute approximate surface area is 158 Å². The summed E-state index contributed by atoms with van der Waals surface area (Å²) < 4.78 is 4.82. The van der Waals surface area contributed by atoms with Gasteiger partial charge in [0.05, 0.1) is 6.61 Å². The van der Waals surface area contributed by atoms with Crippen molar-refractivity contribution < 1.29 is 24.5 Å². The first-order valence-electron chi connectivity index (χ1n) is 9.90. The highest BCUT2D eigenvalue weighted by molar-refractivity contribution is 5.89. The molecule has 0 aromatic carbocycles. The maximum absolute atomic E-state index is 11.7. The van der Waals surface area contributed by atoms with Crippen molar-refractivity contribution in [1.82, 2.24) is 0 Å². The third kappa shape index (κ3) is 17.4. The van der Waals surface area contributed by atoms with Gasteiger partial charge < -0.3 is 14.9 Å². The monoisotopic (exact) mass is 368 g/mol. The van der Waals surface area contributed by atoms with Gasteiger partial charge in [0, 0.05) is 12.8 Å². The third-order valence-corrected chi connectivity index (χ3v) is 3.96. The van der Waals surface area contributed by atoms with Crippen LogP contribution in [0.4, 0.5) is 0 Å². The summed E-state index contributed by atoms with van der Waals surface area (Å²) in [5, 5.41) is 17.7. The van der Waals surface area contributed by atoms with Crippen LogP contribution in [-0.2, 0) is 14.3 Å². The van der Waals surface area contributed by atoms with Gasteiger partial charge in [-0.2, -0.15) is 0 Å². The average molecular weight is 369 g/mol. The van der Waals surface area contributed by atoms with Crippen LogP contribution in [0.5, 0.6) is 0 Å². The van der Waals surface area contributed by atoms with E-state index in [9.17, 15) is 9.59 Å². The Kier molecular flexibility index (Phi) is 17.3. The van der Waals surface area contributed by atoms with E-state index in [1.807, 2.05) is 12.2 Å². The van der Waals surface area contributed by atoms with Crippen LogP contribution < -0.4 is 0 Å². The molecule has 0 aliphatic carbocycles. The third-order valence-electron chi connectivity index (χ3n) is 3.96. The molecule has 150 valence electrons. The topological polar surface area (TPSA) is 83.8 Å². The molecule has 0 amide bonds. The van der Waals surface area contributed by atoms with Crippen LogP contribution in [0.3, 0.4) is 0 Å². The summed E-state index contributed by atoms with van der Waals surface area (Å²) in [6, 6.07) is 0. The molecule has 0 radical (unpaired) electrons. The Morgan fingerprint density at radius 2 is 1.65 bits per heavy atom. The lowest BCUT2D eigenvalue weighted by Gasteiger charge is -2.08. The molecule has 0 saturated carbocycles. The summed E-state index contributed by atoms with van der Waals surface area (Å²) in [4.78, 5) is 23.1. The maximum atomic E-state index is 11.7. The molecule has 0 saturated heterocycles. The van der Waals surface area contributed by atoms with Gasteiger partial charge in [0.2, 0.25) is 0 Å². The van der Waals surface area contributed by atoms with Crippen LogP contribution in [0.25, 0.3) is 0 Å². The van der Waals surface area contributed by atoms with E-state index in [4.69, 9.17) is 14.9 Å². The van der Waals surface area contributed by atoms with Gasteiger partial charge in [-0.15, -0.1) is 0 Å². The van der Waals surface area contributed by atoms with Crippen LogP contribution in [-0.4, -0.2) is 41.3 Å². The molecule has 5 nitrogen and oxygen atoms in total. The van der Waals surface area contributed by atoms with Crippen molar-refractivity contribution in [3.8, 4) is 0 Å². The molecule has 0 bridgehead atoms. The molecule has 0 fully saturated rings. The number of hydrogen-bond donors (Lipinski definition) is 2. The number of aliphatic hydroxyl groups excluding tert-OH is 2. The van der Waals surface area contributed by atoms with E-state index in [1.54, 1.807) is 6.08 Å². The van der Waals surface area contributed by atoms with Crippen molar-refractivity contribution >= 4 is 11.8 Å². The number of unbranched alkanes of at least 4 members (excludes halogenated alkanes) is 7. The van der Waals surface area contributed by atoms with Gasteiger partial charge in [-0.25, -0.2) is 0 Å². The zero-order chi connectivity index (χ0) is 19.5. The number of aliphatic hydroxyl groups is 2. The van der Waals surface area contributed by atoms with Crippen LogP contribution >= 0.6 is 0 Å². The molecular weight excluding hydrogens is 332 g/mol. The van der Waals surface area contributed by atoms with Crippen LogP contribution in [0.2, 0.25) is 0 Å². The Balaban J connectivity index is 3.48. The zero-order valence-electron chi connectivity index (χ0n) is 16.2. The second-order valence-electron chi connectivity index (χ2n) is 6.54. The average Bonchev–Trinajstić information content (AvgIpc) is 2.64. The molecule has 2 N–H and O–H groups in total. The summed E-state index contributed by atoms with van der Waals surface area (Å²) in [6.45, 7) is 1.62. The fourth-order valence-corrected chi connectivity index (χ4v) is 2.35. The lowest BCUT2D eigenvalue weighted by molar-refractivity contribution is -0.147. The van der Waals surface area contributed by atoms with E-state index < -0.39 is 12.7 Å². The molecular formula is C21H36O5. The molecule has 0 aromatic heterocycles. The molecule has 26 heavy (non-hydrogen) atoms. The van der Waals surface area contributed by atoms with E-state index in [1.165, 1.54) is 19.3 Å². The lowest BCUT2D eigenvalue weighted by Crippen LogP contribution is -2.21. The summed E-state index contributed by atoms with van der Waals surface area (Å²) in [5.74, 6) is -0.185. The van der Waals surface area contributed by atoms with Crippen molar-refractivity contribution in [1.29, 1.82) is 0 Å². The normalized spacial score (nSPS) is 12.7. The lowest BCUT2D eigenvalue weighted by atomic mass is 10.1. The minimum atomic E-state index is -0.998. The molecule has 0 aliphatic rings. The van der Waals surface area contributed by atoms with Crippen LogP contribution in [0.1, 0.15) is 77.6 Å². The number of esters is 1. The highest BCUT2D eigenvalue weighted by atomic mass is 16.5. The summed E-state index contributed by atoms with van der Waals surface area (Å²) >= 11 is 0. The number of allylic oxidation sites excluding steroid dienone is 4. The van der Waals surface area contributed by atoms with E-state index in [0.717, 1.165) is 38.5 Å². The summed E-state index contributed by atoms with van der Waals surface area (Å²) in [7, 11) is 0. The second-order valence-corrected chi connectivity index (χ2v) is 6.54. The number of hydrogen-bond acceptors (Lipinski definition) is 5. The predicted molar refractivity (Wildman–Crippen MR) is 104 cm³/mol. The Morgan fingerprint density at radius 3 is 2.35 bits per heavy atom. The van der Waals surface area contributed by atoms with Crippen molar-refractivity contribution in [2.75, 3.05) is 13.2 Å². The van der Waals surface area contributed by atoms with Gasteiger partial charge in [-0.05, 0) is 31.8 Å². The Hall–Kier alpha value is -1.46. The van der Waals surface area contributed by atoms with Gasteiger partial charge in [-0.1, -0.05) is 57.3 Å². The molecule has 5 heteroatoms. The quantitative estimate of drug-likeness (QED) is 0.176. The number of ketones is 1. The maximum Gasteiger partial charge on any atom is 0.305 e. The number of rotatable bonds is 17. The molecule has 0 heterocycles. The van der Waals surface area contributed by atoms with Gasteiger partial charge >= 0.3 is 5.97 Å². The van der Waals surface area contributed by atoms with Crippen LogP contribution in [0.15, 0.2) is 24.3 Å². The first kappa shape index (κ1) is 24.5. The molecule has 0 aromatic rings. The molecule has 1 atom stereocenters. The summed E-state index contributed by atoms with van der Waals surface area (Å²) in [6.07, 6.45) is 16.7. The SMILES string of the molecule is CCCCC/C=C/C=C/C(=O)CCCCCCCC(=O)OC[C@@H](O)CO. The Morgan fingerprint density at radius 1 is 0.962 bits per heavy atom. The van der Waals surface area contributed by atoms with Gasteiger partial charge in [0.1, 0.15) is 12.7 Å². The number of carbonyl (C=O) groups excluding carboxylic acids is 2. The second kappa shape index (κ2) is 18.3. The standard InChI is InChI=1S/C21H36O5/c1-2-3-4-5-6-8-11-14-19(23)15-12-9-7-10-13-16-21(25)26-18-20(24)17-22/h6,8,11,14,20,22,24H,2-5,7,9-10,12-13,15-18H2,1H3/b8-6+,14-11+/t20-/m0/s1. The van der Waals surface area contributed by atoms with E-state index >= 15 is 0 Å². The fraction of sp³-hybridized carbons (Fsp3) is 0.714. The van der Waals surface area contributed by atoms with Crippen LogP contribution in [0, 0.1) is 0 Å². The summed E-state index contributed by atoms with van der Waals surface area (Å²) in [5.41, 5.74) is 0. The highest BCUT2D eigenvalue weighted by Crippen LogP contribution is 2.08. The van der Waals surface area contributed by atoms with Gasteiger partial charge in [-0.3, -0.25) is 9.59 Å². The molecule has 0 spiro atoms. The van der Waals surface area contributed by atoms with Gasteiger partial charge in [0.25, 0.3) is 0 Å². The minimum absolute atomic E-state index is 0.154. The molecule has 0 aliphatic heterocycles. The largest absolute Gasteiger partial charge is 0.463 e. The number of ether oxygens (including phenoxy) is 1. The number of carbonyl (C=O) groups is 2. The van der Waals surface area contributed by atoms with Crippen molar-refractivity contribution in [2.24, 2.45) is 0 Å². The fourth-order valence-electron chi connectivity index (χ4n) is 2.35. The van der Waals surface area contributed by atoms with E-state index in [2.05, 4.69) is 13.0 Å². The molecule has 0 rings (SSSR count). The highest BCUT2D eigenvalue weighted by Gasteiger charge is 2.07. The van der Waals surface area contributed by atoms with Crippen molar-refractivity contribution in [3.05, 3.63) is 24.3 Å². The van der Waals surface area contributed by atoms with Crippen molar-refractivity contribution in [2.45, 2.75) is 83.7 Å². The first-order valence-corrected chi connectivity index (χ1v) is 9.90. The minimum Gasteiger partial charge on any atom is -0.463 e. The van der Waals surface area contributed by atoms with Gasteiger partial charge in [0.15, 0.2) is 5.78 Å². The molecule has 0 unspecified atom stereocenters. The zero-order valence-corrected chi connectivity index (χ0v) is 16.2. The predicted octanol–water partition coefficient (Wildman–Crippen LogP) is 3.88. The van der Waals surface area contributed by atoms with Crippen molar-refractivity contribution in [3.63, 3.8) is 0 Å². The van der Waals surface area contributed by atoms with E-state index in [0.29, 0.717) is 12.8 Å². The Bertz CT molecular complexity index is 415.